The molecule has 0 spiro atoms. The normalized spacial score (nSPS) is 18.0. The number of hydrogen-bond donors (Lipinski definition) is 1. The molecule has 25 heavy (non-hydrogen) atoms. The minimum atomic E-state index is -0.883. The Morgan fingerprint density at radius 2 is 2.12 bits per heavy atom. The number of rotatable bonds is 4. The minimum absolute atomic E-state index is 0.0185. The van der Waals surface area contributed by atoms with Crippen LogP contribution in [-0.4, -0.2) is 43.7 Å². The molecule has 5 nitrogen and oxygen atoms in total. The van der Waals surface area contributed by atoms with E-state index < -0.39 is 5.60 Å². The van der Waals surface area contributed by atoms with Crippen molar-refractivity contribution in [3.8, 4) is 0 Å². The molecule has 3 heterocycles. The van der Waals surface area contributed by atoms with E-state index in [4.69, 9.17) is 0 Å². The Kier molecular flexibility index (Phi) is 4.69. The summed E-state index contributed by atoms with van der Waals surface area (Å²) in [5.41, 5.74) is 2.81. The van der Waals surface area contributed by atoms with Crippen LogP contribution in [0.15, 0.2) is 30.5 Å². The fraction of sp³-hybridized carbons (Fsp3) is 0.500. The maximum Gasteiger partial charge on any atom is 0.256 e. The summed E-state index contributed by atoms with van der Waals surface area (Å²) in [6, 6.07) is 7.70. The summed E-state index contributed by atoms with van der Waals surface area (Å²) in [5.74, 6) is 0.0185. The van der Waals surface area contributed by atoms with Gasteiger partial charge >= 0.3 is 0 Å². The third-order valence-corrected chi connectivity index (χ3v) is 5.18. The van der Waals surface area contributed by atoms with Crippen molar-refractivity contribution in [2.75, 3.05) is 6.54 Å². The quantitative estimate of drug-likeness (QED) is 0.930. The third kappa shape index (κ3) is 3.47. The van der Waals surface area contributed by atoms with E-state index in [1.165, 1.54) is 0 Å². The van der Waals surface area contributed by atoms with Gasteiger partial charge in [0.1, 0.15) is 0 Å². The van der Waals surface area contributed by atoms with Gasteiger partial charge in [-0.2, -0.15) is 0 Å². The van der Waals surface area contributed by atoms with Crippen molar-refractivity contribution in [1.29, 1.82) is 0 Å². The van der Waals surface area contributed by atoms with Gasteiger partial charge in [0.25, 0.3) is 5.91 Å². The monoisotopic (exact) mass is 341 g/mol. The molecule has 0 aliphatic carbocycles. The van der Waals surface area contributed by atoms with Crippen LogP contribution in [0.1, 0.15) is 54.1 Å². The van der Waals surface area contributed by atoms with Gasteiger partial charge in [-0.25, -0.2) is 0 Å². The Balaban J connectivity index is 1.88. The van der Waals surface area contributed by atoms with E-state index in [2.05, 4.69) is 9.55 Å². The van der Waals surface area contributed by atoms with Crippen LogP contribution in [0.3, 0.4) is 0 Å². The summed E-state index contributed by atoms with van der Waals surface area (Å²) >= 11 is 0. The number of carbonyl (C=O) groups excluding carboxylic acids is 1. The zero-order valence-corrected chi connectivity index (χ0v) is 15.5. The second-order valence-corrected chi connectivity index (χ2v) is 7.50. The maximum atomic E-state index is 13.1. The fourth-order valence-corrected chi connectivity index (χ4v) is 3.81. The predicted molar refractivity (Wildman–Crippen MR) is 97.6 cm³/mol. The number of carbonyl (C=O) groups is 1. The lowest BCUT2D eigenvalue weighted by Gasteiger charge is -2.33. The number of aliphatic hydroxyl groups is 1. The van der Waals surface area contributed by atoms with Crippen LogP contribution in [0.2, 0.25) is 0 Å². The van der Waals surface area contributed by atoms with Crippen molar-refractivity contribution >= 4 is 5.91 Å². The summed E-state index contributed by atoms with van der Waals surface area (Å²) in [7, 11) is 0. The molecule has 2 aromatic heterocycles. The summed E-state index contributed by atoms with van der Waals surface area (Å²) in [4.78, 5) is 19.4. The van der Waals surface area contributed by atoms with Gasteiger partial charge in [-0.1, -0.05) is 6.07 Å². The first-order valence-corrected chi connectivity index (χ1v) is 8.89. The highest BCUT2D eigenvalue weighted by molar-refractivity contribution is 5.96. The Bertz CT molecular complexity index is 759. The van der Waals surface area contributed by atoms with Crippen molar-refractivity contribution in [3.05, 3.63) is 53.1 Å². The second-order valence-electron chi connectivity index (χ2n) is 7.50. The van der Waals surface area contributed by atoms with E-state index >= 15 is 0 Å². The van der Waals surface area contributed by atoms with Crippen LogP contribution in [0.25, 0.3) is 0 Å². The van der Waals surface area contributed by atoms with Gasteiger partial charge in [-0.3, -0.25) is 9.78 Å². The zero-order chi connectivity index (χ0) is 18.2. The van der Waals surface area contributed by atoms with E-state index in [1.807, 2.05) is 43.0 Å². The highest BCUT2D eigenvalue weighted by Gasteiger charge is 2.39. The van der Waals surface area contributed by atoms with Gasteiger partial charge in [0.2, 0.25) is 0 Å². The topological polar surface area (TPSA) is 58.4 Å². The smallest absolute Gasteiger partial charge is 0.256 e. The fourth-order valence-electron chi connectivity index (χ4n) is 3.81. The molecule has 1 saturated heterocycles. The van der Waals surface area contributed by atoms with Crippen LogP contribution in [0, 0.1) is 13.8 Å². The number of likely N-dealkylation sites (tertiary alicyclic amines) is 1. The standard InChI is InChI=1S/C20H27N3O2/c1-14-12-17(15(2)23(14)13-16-8-5-6-10-21-16)19(24)22-11-7-9-18(22)20(3,4)25/h5-6,8,10,12,18,25H,7,9,11,13H2,1-4H3. The first-order chi connectivity index (χ1) is 11.8. The average molecular weight is 341 g/mol. The number of aryl methyl sites for hydroxylation is 1. The Morgan fingerprint density at radius 3 is 2.76 bits per heavy atom. The molecule has 134 valence electrons. The molecule has 2 aromatic rings. The molecule has 1 aliphatic rings. The number of aromatic nitrogens is 2. The molecule has 0 aromatic carbocycles. The van der Waals surface area contributed by atoms with E-state index in [9.17, 15) is 9.90 Å². The Labute approximate surface area is 149 Å². The molecule has 1 N–H and O–H groups in total. The highest BCUT2D eigenvalue weighted by Crippen LogP contribution is 2.29. The lowest BCUT2D eigenvalue weighted by Crippen LogP contribution is -2.48. The van der Waals surface area contributed by atoms with E-state index in [0.717, 1.165) is 35.5 Å². The summed E-state index contributed by atoms with van der Waals surface area (Å²) in [6.07, 6.45) is 3.57. The van der Waals surface area contributed by atoms with Gasteiger partial charge in [-0.15, -0.1) is 0 Å². The van der Waals surface area contributed by atoms with Gasteiger partial charge < -0.3 is 14.6 Å². The minimum Gasteiger partial charge on any atom is -0.388 e. The molecular weight excluding hydrogens is 314 g/mol. The molecule has 0 saturated carbocycles. The van der Waals surface area contributed by atoms with Gasteiger partial charge in [0, 0.05) is 24.1 Å². The lowest BCUT2D eigenvalue weighted by molar-refractivity contribution is 0.000301. The van der Waals surface area contributed by atoms with Gasteiger partial charge in [0.15, 0.2) is 0 Å². The Morgan fingerprint density at radius 1 is 1.36 bits per heavy atom. The summed E-state index contributed by atoms with van der Waals surface area (Å²) in [5, 5.41) is 10.4. The first kappa shape index (κ1) is 17.7. The molecule has 0 radical (unpaired) electrons. The van der Waals surface area contributed by atoms with Crippen LogP contribution in [0.4, 0.5) is 0 Å². The van der Waals surface area contributed by atoms with Crippen molar-refractivity contribution in [2.24, 2.45) is 0 Å². The molecular formula is C20H27N3O2. The number of amides is 1. The number of pyridine rings is 1. The Hall–Kier alpha value is -2.14. The predicted octanol–water partition coefficient (Wildman–Crippen LogP) is 2.92. The largest absolute Gasteiger partial charge is 0.388 e. The number of hydrogen-bond acceptors (Lipinski definition) is 3. The molecule has 1 atom stereocenters. The summed E-state index contributed by atoms with van der Waals surface area (Å²) in [6.45, 7) is 8.93. The summed E-state index contributed by atoms with van der Waals surface area (Å²) < 4.78 is 2.13. The van der Waals surface area contributed by atoms with Crippen LogP contribution in [0.5, 0.6) is 0 Å². The van der Waals surface area contributed by atoms with Crippen LogP contribution >= 0.6 is 0 Å². The molecule has 0 bridgehead atoms. The second kappa shape index (κ2) is 6.64. The van der Waals surface area contributed by atoms with E-state index in [-0.39, 0.29) is 11.9 Å². The van der Waals surface area contributed by atoms with Gasteiger partial charge in [-0.05, 0) is 58.7 Å². The number of nitrogens with zero attached hydrogens (tertiary/aromatic N) is 3. The molecule has 1 unspecified atom stereocenters. The SMILES string of the molecule is Cc1cc(C(=O)N2CCCC2C(C)(C)O)c(C)n1Cc1ccccn1. The lowest BCUT2D eigenvalue weighted by atomic mass is 9.96. The molecule has 5 heteroatoms. The first-order valence-electron chi connectivity index (χ1n) is 8.89. The molecule has 1 aliphatic heterocycles. The highest BCUT2D eigenvalue weighted by atomic mass is 16.3. The van der Waals surface area contributed by atoms with Crippen molar-refractivity contribution < 1.29 is 9.90 Å². The molecule has 1 amide bonds. The molecule has 3 rings (SSSR count). The van der Waals surface area contributed by atoms with Gasteiger partial charge in [0.05, 0.1) is 29.4 Å². The van der Waals surface area contributed by atoms with Crippen molar-refractivity contribution in [3.63, 3.8) is 0 Å². The third-order valence-electron chi connectivity index (χ3n) is 5.18. The van der Waals surface area contributed by atoms with E-state index in [1.54, 1.807) is 20.0 Å². The zero-order valence-electron chi connectivity index (χ0n) is 15.5. The molecule has 1 fully saturated rings. The van der Waals surface area contributed by atoms with Crippen LogP contribution in [-0.2, 0) is 6.54 Å². The average Bonchev–Trinajstić information content (AvgIpc) is 3.16. The van der Waals surface area contributed by atoms with Crippen LogP contribution < -0.4 is 0 Å². The van der Waals surface area contributed by atoms with Crippen molar-refractivity contribution in [2.45, 2.75) is 58.7 Å². The van der Waals surface area contributed by atoms with E-state index in [0.29, 0.717) is 13.1 Å². The maximum absolute atomic E-state index is 13.1. The van der Waals surface area contributed by atoms with Crippen molar-refractivity contribution in [1.82, 2.24) is 14.5 Å².